The van der Waals surface area contributed by atoms with Gasteiger partial charge in [-0.15, -0.1) is 6.58 Å². The van der Waals surface area contributed by atoms with Crippen LogP contribution >= 0.6 is 0 Å². The molecule has 1 aliphatic carbocycles. The summed E-state index contributed by atoms with van der Waals surface area (Å²) in [6.07, 6.45) is 6.62. The van der Waals surface area contributed by atoms with Crippen molar-refractivity contribution in [3.63, 3.8) is 0 Å². The van der Waals surface area contributed by atoms with E-state index < -0.39 is 6.10 Å². The van der Waals surface area contributed by atoms with Crippen molar-refractivity contribution in [2.75, 3.05) is 0 Å². The van der Waals surface area contributed by atoms with Gasteiger partial charge in [-0.2, -0.15) is 0 Å². The second-order valence-electron chi connectivity index (χ2n) is 4.80. The molecule has 0 bridgehead atoms. The zero-order valence-corrected chi connectivity index (χ0v) is 10.0. The van der Waals surface area contributed by atoms with Gasteiger partial charge in [0.2, 0.25) is 0 Å². The van der Waals surface area contributed by atoms with E-state index in [-0.39, 0.29) is 5.82 Å². The minimum absolute atomic E-state index is 0.350. The van der Waals surface area contributed by atoms with Gasteiger partial charge >= 0.3 is 0 Å². The fourth-order valence-corrected chi connectivity index (χ4v) is 2.61. The highest BCUT2D eigenvalue weighted by Gasteiger charge is 2.18. The van der Waals surface area contributed by atoms with Crippen molar-refractivity contribution in [1.82, 2.24) is 0 Å². The molecule has 0 radical (unpaired) electrons. The van der Waals surface area contributed by atoms with E-state index in [1.54, 1.807) is 6.07 Å². The topological polar surface area (TPSA) is 20.2 Å². The molecule has 1 nitrogen and oxygen atoms in total. The van der Waals surface area contributed by atoms with Gasteiger partial charge < -0.3 is 5.11 Å². The lowest BCUT2D eigenvalue weighted by atomic mass is 9.83. The summed E-state index contributed by atoms with van der Waals surface area (Å²) >= 11 is 0. The number of aliphatic hydroxyl groups is 1. The molecule has 1 unspecified atom stereocenters. The zero-order chi connectivity index (χ0) is 12.3. The third-order valence-corrected chi connectivity index (χ3v) is 3.64. The molecule has 1 aromatic rings. The molecule has 0 aromatic heterocycles. The Kier molecular flexibility index (Phi) is 3.95. The largest absolute Gasteiger partial charge is 0.384 e. The molecular formula is C15H19FO. The Morgan fingerprint density at radius 1 is 1.29 bits per heavy atom. The van der Waals surface area contributed by atoms with E-state index >= 15 is 0 Å². The van der Waals surface area contributed by atoms with Crippen LogP contribution in [0.4, 0.5) is 4.39 Å². The molecule has 1 N–H and O–H groups in total. The van der Waals surface area contributed by atoms with Gasteiger partial charge in [-0.05, 0) is 36.5 Å². The van der Waals surface area contributed by atoms with Crippen molar-refractivity contribution in [2.45, 2.75) is 44.1 Å². The Morgan fingerprint density at radius 3 is 2.65 bits per heavy atom. The molecule has 1 atom stereocenters. The summed E-state index contributed by atoms with van der Waals surface area (Å²) in [5.41, 5.74) is 1.50. The summed E-state index contributed by atoms with van der Waals surface area (Å²) in [5.74, 6) is 0.178. The number of hydrogen-bond acceptors (Lipinski definition) is 1. The average Bonchev–Trinajstić information content (AvgIpc) is 2.39. The van der Waals surface area contributed by atoms with Gasteiger partial charge in [-0.3, -0.25) is 0 Å². The molecule has 2 rings (SSSR count). The normalized spacial score (nSPS) is 18.9. The first-order valence-electron chi connectivity index (χ1n) is 6.32. The maximum atomic E-state index is 13.6. The maximum absolute atomic E-state index is 13.6. The standard InChI is InChI=1S/C15H19FO/c1-2-15(17)13-10-12(8-9-14(13)16)11-6-4-3-5-7-11/h2,8-11,15,17H,1,3-7H2. The molecule has 1 aliphatic rings. The Balaban J connectivity index is 2.26. The van der Waals surface area contributed by atoms with Crippen molar-refractivity contribution >= 4 is 0 Å². The highest BCUT2D eigenvalue weighted by molar-refractivity contribution is 5.31. The van der Waals surface area contributed by atoms with Crippen LogP contribution in [0.25, 0.3) is 0 Å². The summed E-state index contributed by atoms with van der Waals surface area (Å²) in [6, 6.07) is 5.12. The van der Waals surface area contributed by atoms with Crippen LogP contribution in [0.2, 0.25) is 0 Å². The predicted octanol–water partition coefficient (Wildman–Crippen LogP) is 4.09. The van der Waals surface area contributed by atoms with Crippen molar-refractivity contribution in [1.29, 1.82) is 0 Å². The van der Waals surface area contributed by atoms with Crippen molar-refractivity contribution in [3.8, 4) is 0 Å². The summed E-state index contributed by atoms with van der Waals surface area (Å²) in [5, 5.41) is 9.67. The van der Waals surface area contributed by atoms with Gasteiger partial charge in [0.05, 0.1) is 6.10 Å². The lowest BCUT2D eigenvalue weighted by molar-refractivity contribution is 0.223. The first-order valence-corrected chi connectivity index (χ1v) is 6.32. The van der Waals surface area contributed by atoms with Crippen LogP contribution in [-0.4, -0.2) is 5.11 Å². The fourth-order valence-electron chi connectivity index (χ4n) is 2.61. The van der Waals surface area contributed by atoms with E-state index in [9.17, 15) is 9.50 Å². The number of hydrogen-bond donors (Lipinski definition) is 1. The Hall–Kier alpha value is -1.15. The molecule has 0 amide bonds. The van der Waals surface area contributed by atoms with Gasteiger partial charge in [0.15, 0.2) is 0 Å². The Bertz CT molecular complexity index is 394. The number of aliphatic hydroxyl groups excluding tert-OH is 1. The lowest BCUT2D eigenvalue weighted by Crippen LogP contribution is -2.06. The van der Waals surface area contributed by atoms with Gasteiger partial charge in [-0.1, -0.05) is 31.4 Å². The quantitative estimate of drug-likeness (QED) is 0.781. The Morgan fingerprint density at radius 2 is 2.00 bits per heavy atom. The predicted molar refractivity (Wildman–Crippen MR) is 67.4 cm³/mol. The van der Waals surface area contributed by atoms with E-state index in [4.69, 9.17) is 0 Å². The highest BCUT2D eigenvalue weighted by atomic mass is 19.1. The number of rotatable bonds is 3. The Labute approximate surface area is 102 Å². The van der Waals surface area contributed by atoms with Gasteiger partial charge in [0, 0.05) is 5.56 Å². The van der Waals surface area contributed by atoms with Crippen LogP contribution in [0.15, 0.2) is 30.9 Å². The van der Waals surface area contributed by atoms with Crippen LogP contribution in [0.3, 0.4) is 0 Å². The van der Waals surface area contributed by atoms with E-state index in [1.165, 1.54) is 44.2 Å². The van der Waals surface area contributed by atoms with E-state index in [0.717, 1.165) is 5.56 Å². The maximum Gasteiger partial charge on any atom is 0.129 e. The molecule has 0 aliphatic heterocycles. The van der Waals surface area contributed by atoms with Crippen molar-refractivity contribution < 1.29 is 9.50 Å². The monoisotopic (exact) mass is 234 g/mol. The fraction of sp³-hybridized carbons (Fsp3) is 0.467. The molecule has 2 heteroatoms. The van der Waals surface area contributed by atoms with Crippen molar-refractivity contribution in [3.05, 3.63) is 47.8 Å². The lowest BCUT2D eigenvalue weighted by Gasteiger charge is -2.23. The van der Waals surface area contributed by atoms with Crippen LogP contribution in [0.5, 0.6) is 0 Å². The van der Waals surface area contributed by atoms with E-state index in [2.05, 4.69) is 6.58 Å². The van der Waals surface area contributed by atoms with Crippen molar-refractivity contribution in [2.24, 2.45) is 0 Å². The minimum Gasteiger partial charge on any atom is -0.384 e. The molecule has 92 valence electrons. The summed E-state index contributed by atoms with van der Waals surface area (Å²) < 4.78 is 13.6. The molecule has 0 saturated heterocycles. The first-order chi connectivity index (χ1) is 8.22. The molecule has 17 heavy (non-hydrogen) atoms. The molecule has 0 heterocycles. The smallest absolute Gasteiger partial charge is 0.129 e. The van der Waals surface area contributed by atoms with E-state index in [0.29, 0.717) is 11.5 Å². The zero-order valence-electron chi connectivity index (χ0n) is 10.0. The van der Waals surface area contributed by atoms with Crippen LogP contribution in [0.1, 0.15) is 55.3 Å². The first kappa shape index (κ1) is 12.3. The highest BCUT2D eigenvalue weighted by Crippen LogP contribution is 2.34. The second-order valence-corrected chi connectivity index (χ2v) is 4.80. The molecule has 0 spiro atoms. The minimum atomic E-state index is -0.904. The van der Waals surface area contributed by atoms with Gasteiger partial charge in [-0.25, -0.2) is 4.39 Å². The SMILES string of the molecule is C=CC(O)c1cc(C2CCCCC2)ccc1F. The summed E-state index contributed by atoms with van der Waals surface area (Å²) in [4.78, 5) is 0. The van der Waals surface area contributed by atoms with Crippen LogP contribution in [0, 0.1) is 5.82 Å². The molecular weight excluding hydrogens is 215 g/mol. The van der Waals surface area contributed by atoms with E-state index in [1.807, 2.05) is 6.07 Å². The summed E-state index contributed by atoms with van der Waals surface area (Å²) in [6.45, 7) is 3.50. The van der Waals surface area contributed by atoms with Gasteiger partial charge in [0.1, 0.15) is 5.82 Å². The third-order valence-electron chi connectivity index (χ3n) is 3.64. The second kappa shape index (κ2) is 5.46. The molecule has 1 fully saturated rings. The summed E-state index contributed by atoms with van der Waals surface area (Å²) in [7, 11) is 0. The third kappa shape index (κ3) is 2.75. The molecule has 1 aromatic carbocycles. The van der Waals surface area contributed by atoms with Crippen LogP contribution in [-0.2, 0) is 0 Å². The average molecular weight is 234 g/mol. The molecule has 1 saturated carbocycles. The number of benzene rings is 1. The van der Waals surface area contributed by atoms with Gasteiger partial charge in [0.25, 0.3) is 0 Å². The number of halogens is 1. The van der Waals surface area contributed by atoms with Crippen LogP contribution < -0.4 is 0 Å².